The highest BCUT2D eigenvalue weighted by atomic mass is 15.5. The monoisotopic (exact) mass is 230 g/mol. The highest BCUT2D eigenvalue weighted by Gasteiger charge is 2.58. The maximum atomic E-state index is 4.34. The third-order valence-corrected chi connectivity index (χ3v) is 4.23. The van der Waals surface area contributed by atoms with Crippen LogP contribution < -0.4 is 0 Å². The lowest BCUT2D eigenvalue weighted by molar-refractivity contribution is 0.504. The minimum atomic E-state index is 0.602. The van der Waals surface area contributed by atoms with Gasteiger partial charge in [0.15, 0.2) is 0 Å². The molecular weight excluding hydrogens is 216 g/mol. The molecule has 0 bridgehead atoms. The van der Waals surface area contributed by atoms with Crippen LogP contribution in [0.1, 0.15) is 31.0 Å². The van der Waals surface area contributed by atoms with Crippen LogP contribution in [0.15, 0.2) is 0 Å². The molecule has 0 aliphatic heterocycles. The molecule has 3 unspecified atom stereocenters. The van der Waals surface area contributed by atoms with Crippen LogP contribution in [0.5, 0.6) is 0 Å². The van der Waals surface area contributed by atoms with Crippen molar-refractivity contribution in [1.29, 1.82) is 0 Å². The molecule has 2 aromatic heterocycles. The smallest absolute Gasteiger partial charge is 0.225 e. The molecule has 88 valence electrons. The van der Waals surface area contributed by atoms with Gasteiger partial charge in [0, 0.05) is 17.2 Å². The summed E-state index contributed by atoms with van der Waals surface area (Å²) in [6, 6.07) is 0. The van der Waals surface area contributed by atoms with E-state index in [1.165, 1.54) is 11.3 Å². The highest BCUT2D eigenvalue weighted by molar-refractivity contribution is 5.59. The van der Waals surface area contributed by atoms with E-state index in [-0.39, 0.29) is 0 Å². The first-order valence-corrected chi connectivity index (χ1v) is 6.08. The summed E-state index contributed by atoms with van der Waals surface area (Å²) in [5, 5.41) is 21.6. The predicted octanol–water partition coefficient (Wildman–Crippen LogP) is 1.13. The summed E-state index contributed by atoms with van der Waals surface area (Å²) >= 11 is 0. The molecule has 3 atom stereocenters. The first-order chi connectivity index (χ1) is 8.27. The van der Waals surface area contributed by atoms with E-state index in [9.17, 15) is 0 Å². The molecule has 2 aromatic rings. The zero-order valence-electron chi connectivity index (χ0n) is 9.81. The summed E-state index contributed by atoms with van der Waals surface area (Å²) in [4.78, 5) is 0. The number of tetrazole rings is 1. The van der Waals surface area contributed by atoms with E-state index in [1.54, 1.807) is 0 Å². The number of rotatable bonds is 2. The number of aromatic amines is 2. The van der Waals surface area contributed by atoms with Crippen LogP contribution >= 0.6 is 0 Å². The molecule has 4 rings (SSSR count). The van der Waals surface area contributed by atoms with Crippen molar-refractivity contribution in [3.63, 3.8) is 0 Å². The third kappa shape index (κ3) is 1.10. The Bertz CT molecular complexity index is 555. The van der Waals surface area contributed by atoms with Gasteiger partial charge in [-0.1, -0.05) is 13.8 Å². The lowest BCUT2D eigenvalue weighted by atomic mass is 9.98. The fraction of sp³-hybridized carbons (Fsp3) is 0.636. The van der Waals surface area contributed by atoms with E-state index in [0.29, 0.717) is 11.7 Å². The molecule has 1 saturated carbocycles. The van der Waals surface area contributed by atoms with E-state index in [0.717, 1.165) is 29.9 Å². The minimum absolute atomic E-state index is 0.602. The zero-order chi connectivity index (χ0) is 11.6. The third-order valence-electron chi connectivity index (χ3n) is 4.23. The van der Waals surface area contributed by atoms with E-state index >= 15 is 0 Å². The van der Waals surface area contributed by atoms with Crippen molar-refractivity contribution in [2.24, 2.45) is 17.8 Å². The van der Waals surface area contributed by atoms with E-state index in [1.807, 2.05) is 0 Å². The standard InChI is InChI=1S/C11H14N6/c1-4(2)7-5-3-6-9(8(5)7)12-13-10(6)11-14-16-17-15-11/h4-5,7-8H,3H2,1-2H3,(H,12,13)(H,14,15,16,17). The number of hydrogen-bond acceptors (Lipinski definition) is 4. The molecule has 2 aliphatic carbocycles. The molecule has 0 saturated heterocycles. The van der Waals surface area contributed by atoms with Crippen molar-refractivity contribution in [1.82, 2.24) is 30.8 Å². The molecule has 0 spiro atoms. The molecule has 2 aliphatic rings. The van der Waals surface area contributed by atoms with E-state index in [4.69, 9.17) is 0 Å². The lowest BCUT2D eigenvalue weighted by Gasteiger charge is -2.06. The van der Waals surface area contributed by atoms with Crippen LogP contribution in [0.2, 0.25) is 0 Å². The Balaban J connectivity index is 1.73. The average molecular weight is 230 g/mol. The van der Waals surface area contributed by atoms with Crippen LogP contribution in [0.25, 0.3) is 11.5 Å². The summed E-state index contributed by atoms with van der Waals surface area (Å²) in [6.45, 7) is 4.61. The first kappa shape index (κ1) is 9.32. The normalized spacial score (nSPS) is 29.5. The van der Waals surface area contributed by atoms with Crippen LogP contribution in [0.4, 0.5) is 0 Å². The lowest BCUT2D eigenvalue weighted by Crippen LogP contribution is -2.00. The summed E-state index contributed by atoms with van der Waals surface area (Å²) in [5.41, 5.74) is 3.50. The van der Waals surface area contributed by atoms with E-state index in [2.05, 4.69) is 44.7 Å². The highest BCUT2D eigenvalue weighted by Crippen LogP contribution is 2.64. The topological polar surface area (TPSA) is 83.1 Å². The van der Waals surface area contributed by atoms with Gasteiger partial charge in [0.1, 0.15) is 5.69 Å². The quantitative estimate of drug-likeness (QED) is 0.810. The van der Waals surface area contributed by atoms with Crippen LogP contribution in [-0.2, 0) is 6.42 Å². The summed E-state index contributed by atoms with van der Waals surface area (Å²) in [6.07, 6.45) is 1.11. The number of H-pyrrole nitrogens is 2. The fourth-order valence-electron chi connectivity index (χ4n) is 3.52. The molecule has 2 heterocycles. The van der Waals surface area contributed by atoms with Gasteiger partial charge in [0.2, 0.25) is 5.82 Å². The molecule has 0 aromatic carbocycles. The molecule has 6 heteroatoms. The Morgan fingerprint density at radius 3 is 2.88 bits per heavy atom. The minimum Gasteiger partial charge on any atom is -0.281 e. The van der Waals surface area contributed by atoms with Gasteiger partial charge in [0.05, 0.1) is 0 Å². The average Bonchev–Trinajstić information content (AvgIpc) is 2.75. The SMILES string of the molecule is CC(C)C1C2Cc3c(-c4nn[nH]n4)n[nH]c3C21. The Hall–Kier alpha value is -1.72. The predicted molar refractivity (Wildman–Crippen MR) is 60.0 cm³/mol. The van der Waals surface area contributed by atoms with Crippen LogP contribution in [0, 0.1) is 17.8 Å². The molecule has 1 fully saturated rings. The summed E-state index contributed by atoms with van der Waals surface area (Å²) < 4.78 is 0. The Kier molecular flexibility index (Phi) is 1.61. The number of nitrogens with one attached hydrogen (secondary N) is 2. The van der Waals surface area contributed by atoms with Gasteiger partial charge < -0.3 is 0 Å². The molecule has 0 radical (unpaired) electrons. The van der Waals surface area contributed by atoms with Gasteiger partial charge in [-0.05, 0) is 29.4 Å². The second kappa shape index (κ2) is 2.94. The van der Waals surface area contributed by atoms with Crippen LogP contribution in [-0.4, -0.2) is 30.8 Å². The number of fused-ring (bicyclic) bond motifs is 3. The second-order valence-corrected chi connectivity index (χ2v) is 5.41. The van der Waals surface area contributed by atoms with Crippen molar-refractivity contribution in [3.05, 3.63) is 11.3 Å². The van der Waals surface area contributed by atoms with Gasteiger partial charge >= 0.3 is 0 Å². The fourth-order valence-corrected chi connectivity index (χ4v) is 3.52. The van der Waals surface area contributed by atoms with Gasteiger partial charge in [0.25, 0.3) is 0 Å². The van der Waals surface area contributed by atoms with Gasteiger partial charge in [-0.25, -0.2) is 0 Å². The Morgan fingerprint density at radius 1 is 1.29 bits per heavy atom. The summed E-state index contributed by atoms with van der Waals surface area (Å²) in [5.74, 6) is 3.70. The van der Waals surface area contributed by atoms with Crippen molar-refractivity contribution < 1.29 is 0 Å². The largest absolute Gasteiger partial charge is 0.281 e. The second-order valence-electron chi connectivity index (χ2n) is 5.41. The first-order valence-electron chi connectivity index (χ1n) is 6.08. The summed E-state index contributed by atoms with van der Waals surface area (Å²) in [7, 11) is 0. The Morgan fingerprint density at radius 2 is 2.18 bits per heavy atom. The van der Waals surface area contributed by atoms with Gasteiger partial charge in [-0.3, -0.25) is 5.10 Å². The molecule has 0 amide bonds. The van der Waals surface area contributed by atoms with E-state index < -0.39 is 0 Å². The van der Waals surface area contributed by atoms with Crippen molar-refractivity contribution in [3.8, 4) is 11.5 Å². The zero-order valence-corrected chi connectivity index (χ0v) is 9.81. The van der Waals surface area contributed by atoms with Crippen molar-refractivity contribution >= 4 is 0 Å². The van der Waals surface area contributed by atoms with Crippen LogP contribution in [0.3, 0.4) is 0 Å². The molecule has 6 nitrogen and oxygen atoms in total. The molecular formula is C11H14N6. The number of nitrogens with zero attached hydrogens (tertiary/aromatic N) is 4. The maximum Gasteiger partial charge on any atom is 0.225 e. The van der Waals surface area contributed by atoms with Gasteiger partial charge in [-0.15, -0.1) is 10.2 Å². The number of hydrogen-bond donors (Lipinski definition) is 2. The maximum absolute atomic E-state index is 4.34. The number of aromatic nitrogens is 6. The molecule has 17 heavy (non-hydrogen) atoms. The Labute approximate surface area is 98.2 Å². The molecule has 2 N–H and O–H groups in total. The van der Waals surface area contributed by atoms with Crippen molar-refractivity contribution in [2.75, 3.05) is 0 Å². The van der Waals surface area contributed by atoms with Crippen molar-refractivity contribution in [2.45, 2.75) is 26.2 Å². The van der Waals surface area contributed by atoms with Gasteiger partial charge in [-0.2, -0.15) is 10.3 Å².